The van der Waals surface area contributed by atoms with Crippen LogP contribution in [0.25, 0.3) is 11.4 Å². The van der Waals surface area contributed by atoms with E-state index in [1.807, 2.05) is 11.9 Å². The zero-order valence-corrected chi connectivity index (χ0v) is 18.3. The van der Waals surface area contributed by atoms with Crippen molar-refractivity contribution in [2.24, 2.45) is 0 Å². The van der Waals surface area contributed by atoms with Gasteiger partial charge < -0.3 is 14.5 Å². The van der Waals surface area contributed by atoms with Crippen molar-refractivity contribution in [3.63, 3.8) is 0 Å². The number of alkyl halides is 1. The quantitative estimate of drug-likeness (QED) is 0.688. The number of carbonyl (C=O) groups excluding carboxylic acids is 1. The molecule has 1 aromatic carbocycles. The van der Waals surface area contributed by atoms with Crippen molar-refractivity contribution in [1.82, 2.24) is 24.8 Å². The molecule has 3 heterocycles. The zero-order valence-electron chi connectivity index (χ0n) is 18.3. The molecule has 0 N–H and O–H groups in total. The summed E-state index contributed by atoms with van der Waals surface area (Å²) in [5, 5.41) is 0. The summed E-state index contributed by atoms with van der Waals surface area (Å²) in [4.78, 5) is 28.8. The standard InChI is InChI=1S/C24H26FN5O2/c1-5-17-12-18(23-27-14-26-16(3)28-23)7-9-21(17)32-22-10-11-30(13-19(22)25)24(31)20-8-6-15(2)29(20)4/h1,7,9,12,14,19-20,22H,2,6,8,10-11,13H2,3-4H3/t19-,20+,22+/m1/s1. The molecule has 2 aliphatic heterocycles. The molecule has 0 spiro atoms. The summed E-state index contributed by atoms with van der Waals surface area (Å²) in [6.07, 6.45) is 7.05. The van der Waals surface area contributed by atoms with Gasteiger partial charge in [-0.1, -0.05) is 12.5 Å². The molecular formula is C24H26FN5O2. The Morgan fingerprint density at radius 2 is 2.16 bits per heavy atom. The third-order valence-electron chi connectivity index (χ3n) is 6.12. The number of nitrogens with zero attached hydrogens (tertiary/aromatic N) is 5. The first-order valence-electron chi connectivity index (χ1n) is 10.6. The fourth-order valence-corrected chi connectivity index (χ4v) is 4.17. The molecule has 2 fully saturated rings. The van der Waals surface area contributed by atoms with Crippen molar-refractivity contribution in [1.29, 1.82) is 0 Å². The molecule has 0 saturated carbocycles. The van der Waals surface area contributed by atoms with Gasteiger partial charge in [0.25, 0.3) is 0 Å². The molecule has 0 radical (unpaired) electrons. The highest BCUT2D eigenvalue weighted by Crippen LogP contribution is 2.30. The van der Waals surface area contributed by atoms with Crippen LogP contribution in [-0.2, 0) is 4.79 Å². The van der Waals surface area contributed by atoms with Gasteiger partial charge in [-0.05, 0) is 38.0 Å². The number of halogens is 1. The maximum atomic E-state index is 15.0. The van der Waals surface area contributed by atoms with Gasteiger partial charge in [0.1, 0.15) is 30.0 Å². The predicted octanol–water partition coefficient (Wildman–Crippen LogP) is 2.75. The fraction of sp³-hybridized carbons (Fsp3) is 0.417. The zero-order chi connectivity index (χ0) is 22.8. The molecule has 1 aromatic heterocycles. The van der Waals surface area contributed by atoms with Gasteiger partial charge in [0.2, 0.25) is 5.91 Å². The molecule has 2 aliphatic rings. The van der Waals surface area contributed by atoms with Crippen molar-refractivity contribution in [2.75, 3.05) is 20.1 Å². The molecule has 1 amide bonds. The third kappa shape index (κ3) is 4.28. The lowest BCUT2D eigenvalue weighted by atomic mass is 10.0. The van der Waals surface area contributed by atoms with E-state index in [9.17, 15) is 4.79 Å². The second kappa shape index (κ2) is 8.95. The van der Waals surface area contributed by atoms with E-state index in [2.05, 4.69) is 27.5 Å². The number of terminal acetylenes is 1. The largest absolute Gasteiger partial charge is 0.486 e. The molecule has 7 nitrogen and oxygen atoms in total. The van der Waals surface area contributed by atoms with Crippen molar-refractivity contribution < 1.29 is 13.9 Å². The number of amides is 1. The molecule has 2 saturated heterocycles. The van der Waals surface area contributed by atoms with Gasteiger partial charge in [-0.2, -0.15) is 0 Å². The topological polar surface area (TPSA) is 71.5 Å². The fourth-order valence-electron chi connectivity index (χ4n) is 4.17. The number of hydrogen-bond donors (Lipinski definition) is 0. The lowest BCUT2D eigenvalue weighted by Gasteiger charge is -2.37. The van der Waals surface area contributed by atoms with E-state index >= 15 is 4.39 Å². The predicted molar refractivity (Wildman–Crippen MR) is 118 cm³/mol. The summed E-state index contributed by atoms with van der Waals surface area (Å²) < 4.78 is 21.0. The van der Waals surface area contributed by atoms with Gasteiger partial charge in [-0.3, -0.25) is 4.79 Å². The second-order valence-corrected chi connectivity index (χ2v) is 8.19. The Kier molecular flexibility index (Phi) is 6.08. The number of likely N-dealkylation sites (N-methyl/N-ethyl adjacent to an activating group) is 1. The van der Waals surface area contributed by atoms with E-state index in [0.29, 0.717) is 35.9 Å². The van der Waals surface area contributed by atoms with Crippen LogP contribution in [0.3, 0.4) is 0 Å². The number of rotatable bonds is 4. The Hall–Kier alpha value is -3.47. The molecule has 0 unspecified atom stereocenters. The Morgan fingerprint density at radius 1 is 1.34 bits per heavy atom. The second-order valence-electron chi connectivity index (χ2n) is 8.19. The summed E-state index contributed by atoms with van der Waals surface area (Å²) in [7, 11) is 1.87. The van der Waals surface area contributed by atoms with Crippen molar-refractivity contribution >= 4 is 5.91 Å². The summed E-state index contributed by atoms with van der Waals surface area (Å²) in [6, 6.07) is 5.00. The number of likely N-dealkylation sites (tertiary alicyclic amines) is 2. The minimum atomic E-state index is -1.31. The highest BCUT2D eigenvalue weighted by atomic mass is 19.1. The van der Waals surface area contributed by atoms with Gasteiger partial charge in [0.05, 0.1) is 12.1 Å². The van der Waals surface area contributed by atoms with Gasteiger partial charge in [0.15, 0.2) is 12.0 Å². The average Bonchev–Trinajstić information content (AvgIpc) is 3.13. The maximum Gasteiger partial charge on any atom is 0.245 e. The number of benzene rings is 1. The third-order valence-corrected chi connectivity index (χ3v) is 6.12. The smallest absolute Gasteiger partial charge is 0.245 e. The van der Waals surface area contributed by atoms with Gasteiger partial charge in [0, 0.05) is 31.3 Å². The van der Waals surface area contributed by atoms with E-state index in [0.717, 1.165) is 24.1 Å². The van der Waals surface area contributed by atoms with Crippen LogP contribution in [0.1, 0.15) is 30.7 Å². The Labute approximate surface area is 187 Å². The van der Waals surface area contributed by atoms with Crippen LogP contribution in [0.15, 0.2) is 36.8 Å². The lowest BCUT2D eigenvalue weighted by molar-refractivity contribution is -0.139. The number of allylic oxidation sites excluding steroid dienone is 1. The van der Waals surface area contributed by atoms with Crippen LogP contribution in [0.4, 0.5) is 4.39 Å². The van der Waals surface area contributed by atoms with Crippen LogP contribution in [0.2, 0.25) is 0 Å². The van der Waals surface area contributed by atoms with E-state index in [1.54, 1.807) is 30.0 Å². The summed E-state index contributed by atoms with van der Waals surface area (Å²) >= 11 is 0. The molecule has 4 rings (SSSR count). The summed E-state index contributed by atoms with van der Waals surface area (Å²) in [5.41, 5.74) is 2.17. The van der Waals surface area contributed by atoms with Gasteiger partial charge in [-0.15, -0.1) is 6.42 Å². The van der Waals surface area contributed by atoms with Crippen LogP contribution in [0, 0.1) is 19.3 Å². The minimum absolute atomic E-state index is 0.00786. The number of piperidine rings is 1. The normalized spacial score (nSPS) is 23.2. The number of carbonyl (C=O) groups is 1. The molecule has 32 heavy (non-hydrogen) atoms. The van der Waals surface area contributed by atoms with Gasteiger partial charge >= 0.3 is 0 Å². The highest BCUT2D eigenvalue weighted by molar-refractivity contribution is 5.82. The van der Waals surface area contributed by atoms with E-state index in [-0.39, 0.29) is 18.5 Å². The molecule has 2 aromatic rings. The monoisotopic (exact) mass is 435 g/mol. The Balaban J connectivity index is 1.43. The van der Waals surface area contributed by atoms with E-state index < -0.39 is 12.3 Å². The lowest BCUT2D eigenvalue weighted by Crippen LogP contribution is -2.53. The van der Waals surface area contributed by atoms with Crippen LogP contribution in [-0.4, -0.2) is 69.1 Å². The molecule has 166 valence electrons. The number of aromatic nitrogens is 3. The molecule has 0 aliphatic carbocycles. The first-order chi connectivity index (χ1) is 15.4. The van der Waals surface area contributed by atoms with E-state index in [4.69, 9.17) is 11.2 Å². The van der Waals surface area contributed by atoms with Gasteiger partial charge in [-0.25, -0.2) is 19.3 Å². The average molecular weight is 436 g/mol. The molecular weight excluding hydrogens is 409 g/mol. The van der Waals surface area contributed by atoms with Crippen molar-refractivity contribution in [2.45, 2.75) is 44.5 Å². The number of hydrogen-bond acceptors (Lipinski definition) is 6. The molecule has 8 heteroatoms. The van der Waals surface area contributed by atoms with Crippen LogP contribution in [0.5, 0.6) is 5.75 Å². The first kappa shape index (κ1) is 21.8. The SMILES string of the molecule is C#Cc1cc(-c2ncnc(C)n2)ccc1O[C@H]1CCN(C(=O)[C@@H]2CCC(=C)N2C)C[C@H]1F. The Morgan fingerprint density at radius 3 is 2.81 bits per heavy atom. The van der Waals surface area contributed by atoms with Crippen LogP contribution < -0.4 is 4.74 Å². The number of ether oxygens (including phenoxy) is 1. The highest BCUT2D eigenvalue weighted by Gasteiger charge is 2.38. The van der Waals surface area contributed by atoms with Crippen molar-refractivity contribution in [3.8, 4) is 29.5 Å². The number of aryl methyl sites for hydroxylation is 1. The molecule has 3 atom stereocenters. The molecule has 0 bridgehead atoms. The first-order valence-corrected chi connectivity index (χ1v) is 10.6. The summed E-state index contributed by atoms with van der Waals surface area (Å²) in [6.45, 7) is 6.20. The van der Waals surface area contributed by atoms with Crippen LogP contribution >= 0.6 is 0 Å². The Bertz CT molecular complexity index is 1080. The van der Waals surface area contributed by atoms with E-state index in [1.165, 1.54) is 6.33 Å². The minimum Gasteiger partial charge on any atom is -0.486 e. The van der Waals surface area contributed by atoms with Crippen molar-refractivity contribution in [3.05, 3.63) is 48.2 Å². The summed E-state index contributed by atoms with van der Waals surface area (Å²) in [5.74, 6) is 4.10. The maximum absolute atomic E-state index is 15.0.